The van der Waals surface area contributed by atoms with Crippen molar-refractivity contribution >= 4 is 33.3 Å². The summed E-state index contributed by atoms with van der Waals surface area (Å²) >= 11 is 3.46. The first-order valence-corrected chi connectivity index (χ1v) is 8.73. The van der Waals surface area contributed by atoms with E-state index in [1.807, 2.05) is 25.2 Å². The fraction of sp³-hybridized carbons (Fsp3) is 0.263. The zero-order valence-corrected chi connectivity index (χ0v) is 16.1. The Labute approximate surface area is 156 Å². The monoisotopic (exact) mass is 405 g/mol. The van der Waals surface area contributed by atoms with Crippen molar-refractivity contribution in [1.82, 2.24) is 0 Å². The van der Waals surface area contributed by atoms with Gasteiger partial charge < -0.3 is 15.0 Å². The average Bonchev–Trinajstić information content (AvgIpc) is 2.55. The molecule has 0 aliphatic heterocycles. The van der Waals surface area contributed by atoms with E-state index in [1.165, 1.54) is 6.92 Å². The van der Waals surface area contributed by atoms with Gasteiger partial charge >= 0.3 is 0 Å². The summed E-state index contributed by atoms with van der Waals surface area (Å²) in [4.78, 5) is 24.5. The van der Waals surface area contributed by atoms with E-state index < -0.39 is 0 Å². The number of rotatable bonds is 7. The van der Waals surface area contributed by atoms with E-state index in [0.29, 0.717) is 24.3 Å². The van der Waals surface area contributed by atoms with Gasteiger partial charge in [0.2, 0.25) is 0 Å². The Morgan fingerprint density at radius 2 is 1.84 bits per heavy atom. The zero-order chi connectivity index (χ0) is 18.4. The second kappa shape index (κ2) is 8.78. The molecular weight excluding hydrogens is 384 g/mol. The second-order valence-electron chi connectivity index (χ2n) is 5.95. The molecule has 0 saturated heterocycles. The van der Waals surface area contributed by atoms with Gasteiger partial charge in [0, 0.05) is 21.3 Å². The van der Waals surface area contributed by atoms with Crippen molar-refractivity contribution in [1.29, 1.82) is 0 Å². The van der Waals surface area contributed by atoms with Gasteiger partial charge in [-0.25, -0.2) is 0 Å². The third-order valence-electron chi connectivity index (χ3n) is 3.77. The molecule has 0 spiro atoms. The largest absolute Gasteiger partial charge is 0.496 e. The number of hydrogen-bond acceptors (Lipinski definition) is 3. The normalized spacial score (nSPS) is 11.7. The van der Waals surface area contributed by atoms with Crippen LogP contribution < -0.4 is 15.0 Å². The first-order chi connectivity index (χ1) is 11.9. The van der Waals surface area contributed by atoms with E-state index in [0.717, 1.165) is 20.7 Å². The minimum Gasteiger partial charge on any atom is -0.496 e. The molecule has 0 saturated carbocycles. The van der Waals surface area contributed by atoms with Gasteiger partial charge in [0.05, 0.1) is 14.2 Å². The van der Waals surface area contributed by atoms with Crippen LogP contribution >= 0.6 is 15.9 Å². The number of halogens is 1. The summed E-state index contributed by atoms with van der Waals surface area (Å²) in [6.07, 6.45) is 0. The Bertz CT molecular complexity index is 760. The maximum Gasteiger partial charge on any atom is 0.279 e. The topological polar surface area (TPSA) is 59.8 Å². The fourth-order valence-electron chi connectivity index (χ4n) is 2.54. The van der Waals surface area contributed by atoms with Crippen molar-refractivity contribution in [2.24, 2.45) is 0 Å². The van der Waals surface area contributed by atoms with Crippen molar-refractivity contribution < 1.29 is 19.2 Å². The standard InChI is InChI=1S/C19H21BrN2O3/c1-13(23)14-4-7-17(8-5-14)21-19(24)12-22(2)11-15-10-16(20)6-9-18(15)25-3/h4-10H,11-12H2,1-3H3,(H,21,24)/p+1. The molecular formula is C19H22BrN2O3+. The summed E-state index contributed by atoms with van der Waals surface area (Å²) in [6.45, 7) is 2.51. The van der Waals surface area contributed by atoms with Gasteiger partial charge in [-0.1, -0.05) is 15.9 Å². The number of quaternary nitrogens is 1. The van der Waals surface area contributed by atoms with Gasteiger partial charge in [-0.15, -0.1) is 0 Å². The van der Waals surface area contributed by atoms with Gasteiger partial charge in [0.15, 0.2) is 12.3 Å². The molecule has 0 fully saturated rings. The Morgan fingerprint density at radius 1 is 1.16 bits per heavy atom. The predicted octanol–water partition coefficient (Wildman–Crippen LogP) is 2.31. The molecule has 0 aromatic heterocycles. The number of Topliss-reactive ketones (excluding diaryl/α,β-unsaturated/α-hetero) is 1. The lowest BCUT2D eigenvalue weighted by Crippen LogP contribution is -3.08. The van der Waals surface area contributed by atoms with Crippen LogP contribution in [0.15, 0.2) is 46.9 Å². The van der Waals surface area contributed by atoms with E-state index in [1.54, 1.807) is 31.4 Å². The molecule has 0 aliphatic rings. The fourth-order valence-corrected chi connectivity index (χ4v) is 2.95. The molecule has 1 unspecified atom stereocenters. The molecule has 5 nitrogen and oxygen atoms in total. The van der Waals surface area contributed by atoms with Crippen LogP contribution in [-0.2, 0) is 11.3 Å². The number of ketones is 1. The van der Waals surface area contributed by atoms with Crippen LogP contribution in [0.4, 0.5) is 5.69 Å². The van der Waals surface area contributed by atoms with Gasteiger partial charge in [-0.3, -0.25) is 9.59 Å². The number of methoxy groups -OCH3 is 1. The van der Waals surface area contributed by atoms with E-state index in [4.69, 9.17) is 4.74 Å². The number of carbonyl (C=O) groups is 2. The SMILES string of the molecule is COc1ccc(Br)cc1C[NH+](C)CC(=O)Nc1ccc(C(C)=O)cc1. The van der Waals surface area contributed by atoms with Crippen molar-refractivity contribution in [2.75, 3.05) is 26.0 Å². The molecule has 6 heteroatoms. The van der Waals surface area contributed by atoms with Crippen LogP contribution in [0.2, 0.25) is 0 Å². The number of likely N-dealkylation sites (N-methyl/N-ethyl adjacent to an activating group) is 1. The number of carbonyl (C=O) groups excluding carboxylic acids is 2. The molecule has 0 heterocycles. The Hall–Kier alpha value is -2.18. The van der Waals surface area contributed by atoms with Crippen LogP contribution in [0.25, 0.3) is 0 Å². The van der Waals surface area contributed by atoms with E-state index in [-0.39, 0.29) is 11.7 Å². The number of benzene rings is 2. The molecule has 0 radical (unpaired) electrons. The van der Waals surface area contributed by atoms with Crippen LogP contribution in [0.1, 0.15) is 22.8 Å². The first-order valence-electron chi connectivity index (χ1n) is 7.93. The smallest absolute Gasteiger partial charge is 0.279 e. The summed E-state index contributed by atoms with van der Waals surface area (Å²) < 4.78 is 6.35. The van der Waals surface area contributed by atoms with E-state index in [2.05, 4.69) is 21.2 Å². The Balaban J connectivity index is 1.94. The quantitative estimate of drug-likeness (QED) is 0.694. The number of amides is 1. The van der Waals surface area contributed by atoms with Crippen molar-refractivity contribution in [3.63, 3.8) is 0 Å². The number of nitrogens with one attached hydrogen (secondary N) is 2. The molecule has 1 atom stereocenters. The lowest BCUT2D eigenvalue weighted by atomic mass is 10.1. The molecule has 2 rings (SSSR count). The summed E-state index contributed by atoms with van der Waals surface area (Å²) in [5.74, 6) is 0.731. The maximum absolute atomic E-state index is 12.2. The van der Waals surface area contributed by atoms with Crippen molar-refractivity contribution in [3.05, 3.63) is 58.1 Å². The van der Waals surface area contributed by atoms with Crippen LogP contribution in [0.3, 0.4) is 0 Å². The summed E-state index contributed by atoms with van der Waals surface area (Å²) in [7, 11) is 3.60. The molecule has 2 N–H and O–H groups in total. The van der Waals surface area contributed by atoms with Gasteiger partial charge in [-0.05, 0) is 49.4 Å². The molecule has 2 aromatic carbocycles. The van der Waals surface area contributed by atoms with E-state index in [9.17, 15) is 9.59 Å². The minimum absolute atomic E-state index is 0.00465. The van der Waals surface area contributed by atoms with Crippen LogP contribution in [0, 0.1) is 0 Å². The minimum atomic E-state index is -0.0814. The van der Waals surface area contributed by atoms with Crippen LogP contribution in [-0.4, -0.2) is 32.4 Å². The van der Waals surface area contributed by atoms with Crippen molar-refractivity contribution in [3.8, 4) is 5.75 Å². The van der Waals surface area contributed by atoms with E-state index >= 15 is 0 Å². The summed E-state index contributed by atoms with van der Waals surface area (Å²) in [5, 5.41) is 2.85. The molecule has 25 heavy (non-hydrogen) atoms. The molecule has 0 aliphatic carbocycles. The highest BCUT2D eigenvalue weighted by Gasteiger charge is 2.14. The molecule has 0 bridgehead atoms. The van der Waals surface area contributed by atoms with Crippen LogP contribution in [0.5, 0.6) is 5.75 Å². The maximum atomic E-state index is 12.2. The average molecular weight is 406 g/mol. The summed E-state index contributed by atoms with van der Waals surface area (Å²) in [6, 6.07) is 12.7. The first kappa shape index (κ1) is 19.1. The highest BCUT2D eigenvalue weighted by molar-refractivity contribution is 9.10. The zero-order valence-electron chi connectivity index (χ0n) is 14.6. The molecule has 1 amide bonds. The second-order valence-corrected chi connectivity index (χ2v) is 6.86. The Kier molecular flexibility index (Phi) is 6.73. The van der Waals surface area contributed by atoms with Crippen molar-refractivity contribution in [2.45, 2.75) is 13.5 Å². The highest BCUT2D eigenvalue weighted by Crippen LogP contribution is 2.22. The number of hydrogen-bond donors (Lipinski definition) is 2. The molecule has 132 valence electrons. The Morgan fingerprint density at radius 3 is 2.44 bits per heavy atom. The van der Waals surface area contributed by atoms with Gasteiger partial charge in [0.1, 0.15) is 12.3 Å². The number of anilines is 1. The van der Waals surface area contributed by atoms with Gasteiger partial charge in [0.25, 0.3) is 5.91 Å². The lowest BCUT2D eigenvalue weighted by Gasteiger charge is -2.16. The molecule has 2 aromatic rings. The third kappa shape index (κ3) is 5.69. The third-order valence-corrected chi connectivity index (χ3v) is 4.27. The lowest BCUT2D eigenvalue weighted by molar-refractivity contribution is -0.885. The summed E-state index contributed by atoms with van der Waals surface area (Å²) in [5.41, 5.74) is 2.35. The van der Waals surface area contributed by atoms with Gasteiger partial charge in [-0.2, -0.15) is 0 Å². The number of ether oxygens (including phenoxy) is 1. The predicted molar refractivity (Wildman–Crippen MR) is 101 cm³/mol. The highest BCUT2D eigenvalue weighted by atomic mass is 79.9.